The van der Waals surface area contributed by atoms with Gasteiger partial charge in [0, 0.05) is 13.0 Å². The summed E-state index contributed by atoms with van der Waals surface area (Å²) in [6.45, 7) is 7.41. The average molecular weight is 428 g/mol. The molecule has 168 valence electrons. The van der Waals surface area contributed by atoms with E-state index in [9.17, 15) is 9.18 Å². The lowest BCUT2D eigenvalue weighted by atomic mass is 9.99. The molecule has 31 heavy (non-hydrogen) atoms. The van der Waals surface area contributed by atoms with E-state index in [4.69, 9.17) is 9.47 Å². The molecule has 2 aromatic rings. The standard InChI is InChI=1S/C26H34FNO3/c1-4-9-20(10-5-2)18-30-25-17-22(13-14-23(25)27)24-15-16-28(26(29)31-24)19(3)21-11-7-6-8-12-21/h6-8,11-14,17,19-20,24H,4-5,9-10,15-16,18H2,1-3H3/t19?,24-/m1/s1. The van der Waals surface area contributed by atoms with Gasteiger partial charge in [-0.15, -0.1) is 0 Å². The third kappa shape index (κ3) is 5.99. The number of benzene rings is 2. The minimum absolute atomic E-state index is 0.0594. The molecule has 1 amide bonds. The molecule has 1 heterocycles. The maximum absolute atomic E-state index is 14.4. The van der Waals surface area contributed by atoms with Gasteiger partial charge < -0.3 is 14.4 Å². The number of hydrogen-bond acceptors (Lipinski definition) is 3. The van der Waals surface area contributed by atoms with Crippen LogP contribution >= 0.6 is 0 Å². The van der Waals surface area contributed by atoms with Crippen molar-refractivity contribution in [2.75, 3.05) is 13.2 Å². The van der Waals surface area contributed by atoms with Gasteiger partial charge in [-0.3, -0.25) is 0 Å². The average Bonchev–Trinajstić information content (AvgIpc) is 2.79. The normalized spacial score (nSPS) is 17.5. The van der Waals surface area contributed by atoms with Crippen molar-refractivity contribution in [2.24, 2.45) is 5.92 Å². The number of hydrogen-bond donors (Lipinski definition) is 0. The molecule has 1 aliphatic heterocycles. The second-order valence-corrected chi connectivity index (χ2v) is 8.39. The van der Waals surface area contributed by atoms with Gasteiger partial charge >= 0.3 is 6.09 Å². The predicted molar refractivity (Wildman–Crippen MR) is 121 cm³/mol. The summed E-state index contributed by atoms with van der Waals surface area (Å²) in [6.07, 6.45) is 4.25. The summed E-state index contributed by atoms with van der Waals surface area (Å²) in [6, 6.07) is 14.6. The summed E-state index contributed by atoms with van der Waals surface area (Å²) in [5, 5.41) is 0. The van der Waals surface area contributed by atoms with Crippen molar-refractivity contribution in [3.05, 3.63) is 65.5 Å². The highest BCUT2D eigenvalue weighted by atomic mass is 19.1. The lowest BCUT2D eigenvalue weighted by molar-refractivity contribution is 0.0121. The van der Waals surface area contributed by atoms with Gasteiger partial charge in [-0.25, -0.2) is 9.18 Å². The van der Waals surface area contributed by atoms with E-state index in [-0.39, 0.29) is 23.7 Å². The van der Waals surface area contributed by atoms with Crippen molar-refractivity contribution in [3.63, 3.8) is 0 Å². The Labute approximate surface area is 185 Å². The van der Waals surface area contributed by atoms with Crippen LogP contribution in [0.3, 0.4) is 0 Å². The van der Waals surface area contributed by atoms with Gasteiger partial charge in [-0.1, -0.05) is 63.1 Å². The molecule has 0 aromatic heterocycles. The molecule has 1 unspecified atom stereocenters. The van der Waals surface area contributed by atoms with Gasteiger partial charge in [0.25, 0.3) is 0 Å². The number of amides is 1. The van der Waals surface area contributed by atoms with Gasteiger partial charge in [0.2, 0.25) is 0 Å². The molecule has 4 nitrogen and oxygen atoms in total. The molecule has 2 aromatic carbocycles. The van der Waals surface area contributed by atoms with E-state index < -0.39 is 6.10 Å². The quantitative estimate of drug-likeness (QED) is 0.407. The molecular formula is C26H34FNO3. The number of rotatable bonds is 10. The zero-order valence-electron chi connectivity index (χ0n) is 18.9. The van der Waals surface area contributed by atoms with Crippen molar-refractivity contribution < 1.29 is 18.7 Å². The Bertz CT molecular complexity index is 836. The Morgan fingerprint density at radius 3 is 2.48 bits per heavy atom. The van der Waals surface area contributed by atoms with Crippen LogP contribution in [-0.2, 0) is 4.74 Å². The van der Waals surface area contributed by atoms with Gasteiger partial charge in [-0.2, -0.15) is 0 Å². The van der Waals surface area contributed by atoms with Crippen LogP contribution < -0.4 is 4.74 Å². The summed E-state index contributed by atoms with van der Waals surface area (Å²) < 4.78 is 25.9. The Hall–Kier alpha value is -2.56. The van der Waals surface area contributed by atoms with Crippen LogP contribution in [0.2, 0.25) is 0 Å². The molecule has 0 aliphatic carbocycles. The lowest BCUT2D eigenvalue weighted by Gasteiger charge is -2.36. The van der Waals surface area contributed by atoms with E-state index in [0.29, 0.717) is 25.5 Å². The SMILES string of the molecule is CCCC(CCC)COc1cc([C@H]2CCN(C(C)c3ccccc3)C(=O)O2)ccc1F. The molecule has 0 N–H and O–H groups in total. The smallest absolute Gasteiger partial charge is 0.410 e. The fraction of sp³-hybridized carbons (Fsp3) is 0.500. The van der Waals surface area contributed by atoms with Crippen LogP contribution in [0.4, 0.5) is 9.18 Å². The fourth-order valence-corrected chi connectivity index (χ4v) is 4.26. The fourth-order valence-electron chi connectivity index (χ4n) is 4.26. The minimum atomic E-state index is -0.392. The van der Waals surface area contributed by atoms with Crippen molar-refractivity contribution in [3.8, 4) is 5.75 Å². The van der Waals surface area contributed by atoms with Crippen LogP contribution in [0.1, 0.15) is 76.1 Å². The number of carbonyl (C=O) groups is 1. The molecule has 2 atom stereocenters. The van der Waals surface area contributed by atoms with E-state index in [1.807, 2.05) is 37.3 Å². The Balaban J connectivity index is 1.64. The molecule has 1 aliphatic rings. The number of nitrogens with zero attached hydrogens (tertiary/aromatic N) is 1. The second kappa shape index (κ2) is 11.2. The maximum Gasteiger partial charge on any atom is 0.410 e. The number of carbonyl (C=O) groups excluding carboxylic acids is 1. The molecule has 0 radical (unpaired) electrons. The molecule has 5 heteroatoms. The van der Waals surface area contributed by atoms with Crippen LogP contribution in [0.5, 0.6) is 5.75 Å². The topological polar surface area (TPSA) is 38.8 Å². The monoisotopic (exact) mass is 427 g/mol. The van der Waals surface area contributed by atoms with Gasteiger partial charge in [0.15, 0.2) is 11.6 Å². The van der Waals surface area contributed by atoms with E-state index in [0.717, 1.165) is 36.8 Å². The molecule has 0 saturated carbocycles. The Morgan fingerprint density at radius 2 is 1.84 bits per heavy atom. The van der Waals surface area contributed by atoms with Crippen molar-refractivity contribution in [2.45, 2.75) is 65.0 Å². The highest BCUT2D eigenvalue weighted by molar-refractivity contribution is 5.69. The van der Waals surface area contributed by atoms with Crippen LogP contribution in [0, 0.1) is 11.7 Å². The largest absolute Gasteiger partial charge is 0.490 e. The molecule has 3 rings (SSSR count). The highest BCUT2D eigenvalue weighted by Gasteiger charge is 2.32. The molecule has 0 spiro atoms. The zero-order chi connectivity index (χ0) is 22.2. The summed E-state index contributed by atoms with van der Waals surface area (Å²) in [4.78, 5) is 14.4. The summed E-state index contributed by atoms with van der Waals surface area (Å²) in [5.41, 5.74) is 1.85. The van der Waals surface area contributed by atoms with Gasteiger partial charge in [0.05, 0.1) is 12.6 Å². The Kier molecular flexibility index (Phi) is 8.33. The van der Waals surface area contributed by atoms with Crippen LogP contribution in [-0.4, -0.2) is 24.1 Å². The molecule has 1 saturated heterocycles. The zero-order valence-corrected chi connectivity index (χ0v) is 18.9. The van der Waals surface area contributed by atoms with Crippen LogP contribution in [0.25, 0.3) is 0 Å². The third-order valence-electron chi connectivity index (χ3n) is 6.05. The van der Waals surface area contributed by atoms with Gasteiger partial charge in [0.1, 0.15) is 6.10 Å². The van der Waals surface area contributed by atoms with Gasteiger partial charge in [-0.05, 0) is 48.9 Å². The van der Waals surface area contributed by atoms with Crippen molar-refractivity contribution in [1.82, 2.24) is 4.90 Å². The number of cyclic esters (lactones) is 1. The predicted octanol–water partition coefficient (Wildman–Crippen LogP) is 7.07. The minimum Gasteiger partial charge on any atom is -0.490 e. The second-order valence-electron chi connectivity index (χ2n) is 8.39. The van der Waals surface area contributed by atoms with Crippen molar-refractivity contribution in [1.29, 1.82) is 0 Å². The summed E-state index contributed by atoms with van der Waals surface area (Å²) in [7, 11) is 0. The first kappa shape index (κ1) is 23.1. The first-order valence-electron chi connectivity index (χ1n) is 11.5. The maximum atomic E-state index is 14.4. The van der Waals surface area contributed by atoms with Crippen molar-refractivity contribution >= 4 is 6.09 Å². The van der Waals surface area contributed by atoms with Crippen LogP contribution in [0.15, 0.2) is 48.5 Å². The van der Waals surface area contributed by atoms with E-state index >= 15 is 0 Å². The van der Waals surface area contributed by atoms with E-state index in [1.165, 1.54) is 6.07 Å². The summed E-state index contributed by atoms with van der Waals surface area (Å²) >= 11 is 0. The first-order chi connectivity index (χ1) is 15.0. The number of halogens is 1. The lowest BCUT2D eigenvalue weighted by Crippen LogP contribution is -2.40. The van der Waals surface area contributed by atoms with E-state index in [2.05, 4.69) is 13.8 Å². The van der Waals surface area contributed by atoms with E-state index in [1.54, 1.807) is 17.0 Å². The number of ether oxygens (including phenoxy) is 2. The molecule has 1 fully saturated rings. The Morgan fingerprint density at radius 1 is 1.13 bits per heavy atom. The molecular weight excluding hydrogens is 393 g/mol. The molecule has 0 bridgehead atoms. The third-order valence-corrected chi connectivity index (χ3v) is 6.05. The summed E-state index contributed by atoms with van der Waals surface area (Å²) in [5.74, 6) is 0.293. The first-order valence-corrected chi connectivity index (χ1v) is 11.5. The highest BCUT2D eigenvalue weighted by Crippen LogP contribution is 2.34.